The van der Waals surface area contributed by atoms with Gasteiger partial charge in [-0.2, -0.15) is 0 Å². The van der Waals surface area contributed by atoms with Gasteiger partial charge in [0.15, 0.2) is 0 Å². The largest absolute Gasteiger partial charge is 0.377 e. The summed E-state index contributed by atoms with van der Waals surface area (Å²) in [7, 11) is 0. The number of rotatable bonds is 6. The van der Waals surface area contributed by atoms with Gasteiger partial charge in [-0.3, -0.25) is 0 Å². The molecule has 2 aliphatic carbocycles. The van der Waals surface area contributed by atoms with Crippen LogP contribution in [0.1, 0.15) is 59.3 Å². The topological polar surface area (TPSA) is 21.3 Å². The average Bonchev–Trinajstić information content (AvgIpc) is 3.06. The Morgan fingerprint density at radius 1 is 1.24 bits per heavy atom. The zero-order valence-electron chi connectivity index (χ0n) is 11.8. The number of hydrogen-bond acceptors (Lipinski definition) is 2. The van der Waals surface area contributed by atoms with E-state index in [1.807, 2.05) is 0 Å². The molecule has 1 N–H and O–H groups in total. The van der Waals surface area contributed by atoms with E-state index in [9.17, 15) is 0 Å². The molecule has 0 spiro atoms. The lowest BCUT2D eigenvalue weighted by Crippen LogP contribution is -2.53. The quantitative estimate of drug-likeness (QED) is 0.767. The van der Waals surface area contributed by atoms with Crippen molar-refractivity contribution in [2.24, 2.45) is 11.3 Å². The highest BCUT2D eigenvalue weighted by atomic mass is 16.5. The van der Waals surface area contributed by atoms with Gasteiger partial charge in [-0.05, 0) is 37.1 Å². The Morgan fingerprint density at radius 2 is 2.00 bits per heavy atom. The van der Waals surface area contributed by atoms with Crippen LogP contribution in [0.4, 0.5) is 0 Å². The summed E-state index contributed by atoms with van der Waals surface area (Å²) in [5.74, 6) is 0.990. The Morgan fingerprint density at radius 3 is 2.65 bits per heavy atom. The van der Waals surface area contributed by atoms with Crippen LogP contribution in [0.5, 0.6) is 0 Å². The average molecular weight is 239 g/mol. The van der Waals surface area contributed by atoms with Crippen LogP contribution in [0.3, 0.4) is 0 Å². The minimum atomic E-state index is 0.387. The van der Waals surface area contributed by atoms with Gasteiger partial charge < -0.3 is 10.1 Å². The molecule has 0 aromatic carbocycles. The van der Waals surface area contributed by atoms with E-state index in [-0.39, 0.29) is 0 Å². The Hall–Kier alpha value is -0.0800. The van der Waals surface area contributed by atoms with Gasteiger partial charge in [0.1, 0.15) is 0 Å². The fourth-order valence-corrected chi connectivity index (χ4v) is 3.18. The first-order valence-corrected chi connectivity index (χ1v) is 7.48. The fraction of sp³-hybridized carbons (Fsp3) is 1.00. The maximum Gasteiger partial charge on any atom is 0.0733 e. The second-order valence-electron chi connectivity index (χ2n) is 6.56. The number of likely N-dealkylation sites (N-methyl/N-ethyl adjacent to an activating group) is 1. The van der Waals surface area contributed by atoms with Gasteiger partial charge in [0.25, 0.3) is 0 Å². The van der Waals surface area contributed by atoms with Gasteiger partial charge in [-0.1, -0.05) is 40.0 Å². The van der Waals surface area contributed by atoms with Crippen molar-refractivity contribution >= 4 is 0 Å². The highest BCUT2D eigenvalue weighted by molar-refractivity contribution is 4.94. The minimum absolute atomic E-state index is 0.387. The zero-order valence-corrected chi connectivity index (χ0v) is 11.8. The van der Waals surface area contributed by atoms with Crippen LogP contribution in [-0.4, -0.2) is 25.3 Å². The number of hydrogen-bond donors (Lipinski definition) is 1. The lowest BCUT2D eigenvalue weighted by atomic mass is 9.71. The van der Waals surface area contributed by atoms with E-state index in [1.54, 1.807) is 0 Å². The molecule has 0 saturated heterocycles. The molecule has 2 nitrogen and oxygen atoms in total. The first-order chi connectivity index (χ1) is 8.13. The zero-order chi connectivity index (χ0) is 12.3. The fourth-order valence-electron chi connectivity index (χ4n) is 3.18. The van der Waals surface area contributed by atoms with Crippen molar-refractivity contribution in [2.75, 3.05) is 13.2 Å². The molecule has 0 heterocycles. The smallest absolute Gasteiger partial charge is 0.0733 e. The van der Waals surface area contributed by atoms with Crippen molar-refractivity contribution in [1.29, 1.82) is 0 Å². The highest BCUT2D eigenvalue weighted by Gasteiger charge is 2.39. The van der Waals surface area contributed by atoms with Crippen molar-refractivity contribution in [2.45, 2.75) is 71.4 Å². The maximum atomic E-state index is 6.17. The van der Waals surface area contributed by atoms with Gasteiger partial charge in [-0.15, -0.1) is 0 Å². The second kappa shape index (κ2) is 5.71. The molecule has 2 atom stereocenters. The van der Waals surface area contributed by atoms with E-state index in [4.69, 9.17) is 4.74 Å². The summed E-state index contributed by atoms with van der Waals surface area (Å²) in [6, 6.07) is 0.542. The van der Waals surface area contributed by atoms with Gasteiger partial charge in [0.05, 0.1) is 6.10 Å². The summed E-state index contributed by atoms with van der Waals surface area (Å²) < 4.78 is 6.17. The molecule has 2 unspecified atom stereocenters. The van der Waals surface area contributed by atoms with E-state index in [0.29, 0.717) is 17.6 Å². The third-order valence-corrected chi connectivity index (χ3v) is 4.50. The summed E-state index contributed by atoms with van der Waals surface area (Å²) in [5, 5.41) is 3.65. The van der Waals surface area contributed by atoms with Crippen molar-refractivity contribution in [3.8, 4) is 0 Å². The molecule has 0 aliphatic heterocycles. The van der Waals surface area contributed by atoms with E-state index in [2.05, 4.69) is 26.1 Å². The number of nitrogens with one attached hydrogen (secondary N) is 1. The molecule has 100 valence electrons. The molecule has 2 heteroatoms. The Balaban J connectivity index is 1.82. The van der Waals surface area contributed by atoms with E-state index in [0.717, 1.165) is 19.1 Å². The van der Waals surface area contributed by atoms with Crippen LogP contribution < -0.4 is 5.32 Å². The van der Waals surface area contributed by atoms with Crippen molar-refractivity contribution in [3.05, 3.63) is 0 Å². The molecule has 2 aliphatic rings. The Kier molecular flexibility index (Phi) is 4.48. The van der Waals surface area contributed by atoms with Crippen LogP contribution in [0.25, 0.3) is 0 Å². The monoisotopic (exact) mass is 239 g/mol. The van der Waals surface area contributed by atoms with Gasteiger partial charge in [0.2, 0.25) is 0 Å². The SMILES string of the molecule is CCNC1C(OCCC2CC2)CCCC1(C)C. The molecule has 0 amide bonds. The van der Waals surface area contributed by atoms with Crippen LogP contribution in [0, 0.1) is 11.3 Å². The highest BCUT2D eigenvalue weighted by Crippen LogP contribution is 2.38. The maximum absolute atomic E-state index is 6.17. The normalized spacial score (nSPS) is 32.6. The molecule has 2 fully saturated rings. The van der Waals surface area contributed by atoms with Crippen molar-refractivity contribution in [1.82, 2.24) is 5.32 Å². The predicted octanol–water partition coefficient (Wildman–Crippen LogP) is 3.36. The molecule has 0 aromatic heterocycles. The summed E-state index contributed by atoms with van der Waals surface area (Å²) in [6.45, 7) is 9.00. The molecular formula is C15H29NO. The Bertz CT molecular complexity index is 235. The standard InChI is InChI=1S/C15H29NO/c1-4-16-14-13(6-5-10-15(14,2)3)17-11-9-12-7-8-12/h12-14,16H,4-11H2,1-3H3. The predicted molar refractivity (Wildman–Crippen MR) is 72.2 cm³/mol. The summed E-state index contributed by atoms with van der Waals surface area (Å²) in [6.07, 6.45) is 8.50. The van der Waals surface area contributed by atoms with Crippen molar-refractivity contribution in [3.63, 3.8) is 0 Å². The van der Waals surface area contributed by atoms with Crippen LogP contribution >= 0.6 is 0 Å². The molecule has 2 rings (SSSR count). The molecule has 17 heavy (non-hydrogen) atoms. The van der Waals surface area contributed by atoms with Gasteiger partial charge in [-0.25, -0.2) is 0 Å². The summed E-state index contributed by atoms with van der Waals surface area (Å²) >= 11 is 0. The van der Waals surface area contributed by atoms with Gasteiger partial charge in [0, 0.05) is 12.6 Å². The summed E-state index contributed by atoms with van der Waals surface area (Å²) in [5.41, 5.74) is 0.387. The van der Waals surface area contributed by atoms with E-state index >= 15 is 0 Å². The van der Waals surface area contributed by atoms with Crippen LogP contribution in [-0.2, 0) is 4.74 Å². The molecule has 0 aromatic rings. The first-order valence-electron chi connectivity index (χ1n) is 7.48. The molecule has 2 saturated carbocycles. The molecular weight excluding hydrogens is 210 g/mol. The molecule has 0 radical (unpaired) electrons. The van der Waals surface area contributed by atoms with E-state index < -0.39 is 0 Å². The molecule has 0 bridgehead atoms. The Labute approximate surface area is 107 Å². The van der Waals surface area contributed by atoms with Crippen LogP contribution in [0.15, 0.2) is 0 Å². The van der Waals surface area contributed by atoms with Gasteiger partial charge >= 0.3 is 0 Å². The minimum Gasteiger partial charge on any atom is -0.377 e. The second-order valence-corrected chi connectivity index (χ2v) is 6.56. The van der Waals surface area contributed by atoms with Crippen LogP contribution in [0.2, 0.25) is 0 Å². The lowest BCUT2D eigenvalue weighted by Gasteiger charge is -2.44. The third kappa shape index (κ3) is 3.69. The van der Waals surface area contributed by atoms with E-state index in [1.165, 1.54) is 38.5 Å². The third-order valence-electron chi connectivity index (χ3n) is 4.50. The lowest BCUT2D eigenvalue weighted by molar-refractivity contribution is -0.0384. The van der Waals surface area contributed by atoms with Crippen molar-refractivity contribution < 1.29 is 4.74 Å². The summed E-state index contributed by atoms with van der Waals surface area (Å²) in [4.78, 5) is 0. The number of ether oxygens (including phenoxy) is 1. The first kappa shape index (κ1) is 13.4.